The SMILES string of the molecule is O=C(NCC(c1ccccc1)c1ccccc1)C1CCCN(C(=O)Cc2ccccc2)C1. The lowest BCUT2D eigenvalue weighted by Crippen LogP contribution is -2.46. The van der Waals surface area contributed by atoms with Crippen LogP contribution < -0.4 is 5.32 Å². The highest BCUT2D eigenvalue weighted by molar-refractivity contribution is 5.82. The highest BCUT2D eigenvalue weighted by atomic mass is 16.2. The maximum atomic E-state index is 13.0. The number of likely N-dealkylation sites (tertiary alicyclic amines) is 1. The number of rotatable bonds is 7. The predicted molar refractivity (Wildman–Crippen MR) is 127 cm³/mol. The summed E-state index contributed by atoms with van der Waals surface area (Å²) in [5.74, 6) is 0.0793. The van der Waals surface area contributed by atoms with Crippen LogP contribution in [0.1, 0.15) is 35.4 Å². The first-order chi connectivity index (χ1) is 15.7. The molecule has 164 valence electrons. The predicted octanol–water partition coefficient (Wildman–Crippen LogP) is 4.42. The highest BCUT2D eigenvalue weighted by Gasteiger charge is 2.29. The van der Waals surface area contributed by atoms with Crippen molar-refractivity contribution in [3.8, 4) is 0 Å². The van der Waals surface area contributed by atoms with E-state index < -0.39 is 0 Å². The van der Waals surface area contributed by atoms with Crippen molar-refractivity contribution in [2.45, 2.75) is 25.2 Å². The van der Waals surface area contributed by atoms with Gasteiger partial charge in [0.1, 0.15) is 0 Å². The van der Waals surface area contributed by atoms with E-state index in [1.165, 1.54) is 11.1 Å². The van der Waals surface area contributed by atoms with Crippen LogP contribution in [0.3, 0.4) is 0 Å². The molecule has 1 aliphatic heterocycles. The van der Waals surface area contributed by atoms with Crippen molar-refractivity contribution >= 4 is 11.8 Å². The van der Waals surface area contributed by atoms with Gasteiger partial charge < -0.3 is 10.2 Å². The largest absolute Gasteiger partial charge is 0.355 e. The van der Waals surface area contributed by atoms with Crippen LogP contribution in [0.15, 0.2) is 91.0 Å². The van der Waals surface area contributed by atoms with E-state index in [1.807, 2.05) is 71.6 Å². The van der Waals surface area contributed by atoms with E-state index in [1.54, 1.807) is 0 Å². The summed E-state index contributed by atoms with van der Waals surface area (Å²) in [6.45, 7) is 1.77. The number of nitrogens with one attached hydrogen (secondary N) is 1. The number of hydrogen-bond donors (Lipinski definition) is 1. The fourth-order valence-corrected chi connectivity index (χ4v) is 4.45. The minimum atomic E-state index is -0.157. The molecule has 3 aromatic rings. The number of nitrogens with zero attached hydrogens (tertiary/aromatic N) is 1. The second-order valence-corrected chi connectivity index (χ2v) is 8.46. The average Bonchev–Trinajstić information content (AvgIpc) is 2.86. The lowest BCUT2D eigenvalue weighted by Gasteiger charge is -2.32. The minimum Gasteiger partial charge on any atom is -0.355 e. The lowest BCUT2D eigenvalue weighted by molar-refractivity contribution is -0.135. The minimum absolute atomic E-state index is 0.0408. The molecule has 1 atom stereocenters. The van der Waals surface area contributed by atoms with Gasteiger partial charge in [-0.2, -0.15) is 0 Å². The molecule has 1 heterocycles. The van der Waals surface area contributed by atoms with Crippen molar-refractivity contribution in [1.29, 1.82) is 0 Å². The molecule has 0 aliphatic carbocycles. The Balaban J connectivity index is 1.37. The molecule has 0 bridgehead atoms. The number of carbonyl (C=O) groups is 2. The maximum absolute atomic E-state index is 13.0. The fraction of sp³-hybridized carbons (Fsp3) is 0.286. The quantitative estimate of drug-likeness (QED) is 0.608. The molecule has 1 saturated heterocycles. The van der Waals surface area contributed by atoms with Gasteiger partial charge in [0.15, 0.2) is 0 Å². The summed E-state index contributed by atoms with van der Waals surface area (Å²) in [6, 6.07) is 30.4. The Hall–Kier alpha value is -3.40. The second kappa shape index (κ2) is 10.8. The zero-order valence-electron chi connectivity index (χ0n) is 18.3. The molecule has 4 heteroatoms. The van der Waals surface area contributed by atoms with Gasteiger partial charge in [-0.15, -0.1) is 0 Å². The van der Waals surface area contributed by atoms with Gasteiger partial charge in [-0.1, -0.05) is 91.0 Å². The molecule has 1 aliphatic rings. The van der Waals surface area contributed by atoms with E-state index in [4.69, 9.17) is 0 Å². The summed E-state index contributed by atoms with van der Waals surface area (Å²) >= 11 is 0. The number of carbonyl (C=O) groups excluding carboxylic acids is 2. The average molecular weight is 427 g/mol. The van der Waals surface area contributed by atoms with Gasteiger partial charge >= 0.3 is 0 Å². The molecular weight excluding hydrogens is 396 g/mol. The van der Waals surface area contributed by atoms with Gasteiger partial charge in [0.05, 0.1) is 12.3 Å². The van der Waals surface area contributed by atoms with Crippen LogP contribution in [0.25, 0.3) is 0 Å². The third-order valence-electron chi connectivity index (χ3n) is 6.23. The van der Waals surface area contributed by atoms with Crippen molar-refractivity contribution in [3.05, 3.63) is 108 Å². The second-order valence-electron chi connectivity index (χ2n) is 8.46. The lowest BCUT2D eigenvalue weighted by atomic mass is 9.90. The Morgan fingerprint density at radius 3 is 2.00 bits per heavy atom. The fourth-order valence-electron chi connectivity index (χ4n) is 4.45. The topological polar surface area (TPSA) is 49.4 Å². The monoisotopic (exact) mass is 426 g/mol. The number of piperidine rings is 1. The summed E-state index contributed by atoms with van der Waals surface area (Å²) < 4.78 is 0. The zero-order chi connectivity index (χ0) is 22.2. The van der Waals surface area contributed by atoms with Gasteiger partial charge in [0, 0.05) is 25.6 Å². The van der Waals surface area contributed by atoms with Gasteiger partial charge in [-0.3, -0.25) is 9.59 Å². The Labute approximate surface area is 190 Å². The Morgan fingerprint density at radius 2 is 1.41 bits per heavy atom. The van der Waals surface area contributed by atoms with E-state index in [0.29, 0.717) is 19.5 Å². The van der Waals surface area contributed by atoms with Crippen molar-refractivity contribution in [2.75, 3.05) is 19.6 Å². The number of hydrogen-bond acceptors (Lipinski definition) is 2. The number of amides is 2. The van der Waals surface area contributed by atoms with Gasteiger partial charge in [-0.25, -0.2) is 0 Å². The third-order valence-corrected chi connectivity index (χ3v) is 6.23. The highest BCUT2D eigenvalue weighted by Crippen LogP contribution is 2.24. The molecule has 0 spiro atoms. The molecule has 3 aromatic carbocycles. The summed E-state index contributed by atoms with van der Waals surface area (Å²) in [4.78, 5) is 27.7. The summed E-state index contributed by atoms with van der Waals surface area (Å²) in [5.41, 5.74) is 3.38. The van der Waals surface area contributed by atoms with Crippen molar-refractivity contribution in [1.82, 2.24) is 10.2 Å². The maximum Gasteiger partial charge on any atom is 0.227 e. The van der Waals surface area contributed by atoms with Crippen molar-refractivity contribution < 1.29 is 9.59 Å². The first-order valence-electron chi connectivity index (χ1n) is 11.4. The molecule has 1 N–H and O–H groups in total. The zero-order valence-corrected chi connectivity index (χ0v) is 18.3. The van der Waals surface area contributed by atoms with Gasteiger partial charge in [0.2, 0.25) is 11.8 Å². The first kappa shape index (κ1) is 21.8. The Morgan fingerprint density at radius 1 is 0.844 bits per heavy atom. The van der Waals surface area contributed by atoms with Crippen molar-refractivity contribution in [3.63, 3.8) is 0 Å². The van der Waals surface area contributed by atoms with Crippen LogP contribution in [0.5, 0.6) is 0 Å². The van der Waals surface area contributed by atoms with Crippen LogP contribution in [-0.2, 0) is 16.0 Å². The molecular formula is C28H30N2O2. The van der Waals surface area contributed by atoms with Crippen LogP contribution in [0.4, 0.5) is 0 Å². The van der Waals surface area contributed by atoms with Crippen LogP contribution in [-0.4, -0.2) is 36.3 Å². The van der Waals surface area contributed by atoms with Crippen LogP contribution in [0, 0.1) is 5.92 Å². The molecule has 0 saturated carbocycles. The Kier molecular flexibility index (Phi) is 7.34. The normalized spacial score (nSPS) is 16.0. The van der Waals surface area contributed by atoms with E-state index in [-0.39, 0.29) is 23.7 Å². The molecule has 2 amide bonds. The van der Waals surface area contributed by atoms with E-state index >= 15 is 0 Å². The summed E-state index contributed by atoms with van der Waals surface area (Å²) in [6.07, 6.45) is 2.07. The van der Waals surface area contributed by atoms with Crippen LogP contribution in [0.2, 0.25) is 0 Å². The van der Waals surface area contributed by atoms with E-state index in [9.17, 15) is 9.59 Å². The third kappa shape index (κ3) is 5.64. The summed E-state index contributed by atoms with van der Waals surface area (Å²) in [7, 11) is 0. The molecule has 32 heavy (non-hydrogen) atoms. The van der Waals surface area contributed by atoms with Crippen molar-refractivity contribution in [2.24, 2.45) is 5.92 Å². The molecule has 1 unspecified atom stereocenters. The summed E-state index contributed by atoms with van der Waals surface area (Å²) in [5, 5.41) is 3.18. The van der Waals surface area contributed by atoms with Gasteiger partial charge in [0.25, 0.3) is 0 Å². The molecule has 0 aromatic heterocycles. The number of benzene rings is 3. The molecule has 4 nitrogen and oxygen atoms in total. The Bertz CT molecular complexity index is 966. The van der Waals surface area contributed by atoms with E-state index in [0.717, 1.165) is 24.9 Å². The standard InChI is InChI=1S/C28H30N2O2/c31-27(19-22-11-4-1-5-12-22)30-18-10-17-25(21-30)28(32)29-20-26(23-13-6-2-7-14-23)24-15-8-3-9-16-24/h1-9,11-16,25-26H,10,17-21H2,(H,29,32). The molecule has 4 rings (SSSR count). The first-order valence-corrected chi connectivity index (χ1v) is 11.4. The van der Waals surface area contributed by atoms with Gasteiger partial charge in [-0.05, 0) is 29.5 Å². The molecule has 1 fully saturated rings. The molecule has 0 radical (unpaired) electrons. The smallest absolute Gasteiger partial charge is 0.227 e. The van der Waals surface area contributed by atoms with E-state index in [2.05, 4.69) is 29.6 Å². The van der Waals surface area contributed by atoms with Crippen LogP contribution >= 0.6 is 0 Å².